The molecule has 0 saturated carbocycles. The van der Waals surface area contributed by atoms with Crippen molar-refractivity contribution in [2.45, 2.75) is 169 Å². The van der Waals surface area contributed by atoms with Crippen LogP contribution in [0.2, 0.25) is 0 Å². The average molecular weight is 1800 g/mol. The van der Waals surface area contributed by atoms with Gasteiger partial charge >= 0.3 is 0 Å². The third-order valence-corrected chi connectivity index (χ3v) is 26.7. The number of nitrogens with zero attached hydrogens (tertiary/aromatic N) is 15. The number of aromatic nitrogens is 10. The molecule has 15 aromatic rings. The van der Waals surface area contributed by atoms with Gasteiger partial charge in [0.25, 0.3) is 29.5 Å². The molecule has 5 aliphatic rings. The molecule has 5 fully saturated rings. The number of piperidine rings is 5. The fraction of sp³-hybridized carbons (Fsp3) is 0.358. The van der Waals surface area contributed by atoms with Gasteiger partial charge in [0.1, 0.15) is 28.2 Å². The van der Waals surface area contributed by atoms with Gasteiger partial charge in [-0.1, -0.05) is 81.4 Å². The predicted octanol–water partition coefficient (Wildman–Crippen LogP) is 19.0. The predicted molar refractivity (Wildman–Crippen MR) is 525 cm³/mol. The lowest BCUT2D eigenvalue weighted by Gasteiger charge is -2.30. The molecule has 694 valence electrons. The Kier molecular flexibility index (Phi) is 29.1. The minimum absolute atomic E-state index is 0.00751. The van der Waals surface area contributed by atoms with Gasteiger partial charge in [0, 0.05) is 183 Å². The number of benzene rings is 5. The van der Waals surface area contributed by atoms with E-state index in [1.165, 1.54) is 12.8 Å². The second-order valence-corrected chi connectivity index (χ2v) is 37.8. The molecular formula is C109H123N15O10. The van der Waals surface area contributed by atoms with Crippen molar-refractivity contribution in [1.82, 2.24) is 72.3 Å². The Morgan fingerprint density at radius 1 is 0.321 bits per heavy atom. The zero-order valence-corrected chi connectivity index (χ0v) is 78.2. The average Bonchev–Trinajstić information content (AvgIpc) is 1.65. The number of hydrogen-bond acceptors (Lipinski definition) is 15. The Hall–Kier alpha value is -13.3. The molecule has 0 spiro atoms. The van der Waals surface area contributed by atoms with Gasteiger partial charge in [0.2, 0.25) is 0 Å². The lowest BCUT2D eigenvalue weighted by Crippen LogP contribution is -2.37. The van der Waals surface area contributed by atoms with E-state index in [9.17, 15) is 49.5 Å². The fourth-order valence-electron chi connectivity index (χ4n) is 18.2. The topological polar surface area (TPSA) is 292 Å². The molecule has 2 unspecified atom stereocenters. The molecule has 5 aliphatic heterocycles. The van der Waals surface area contributed by atoms with Crippen LogP contribution in [0, 0.1) is 17.8 Å². The van der Waals surface area contributed by atoms with Crippen LogP contribution in [-0.2, 0) is 17.8 Å². The van der Waals surface area contributed by atoms with E-state index >= 15 is 0 Å². The van der Waals surface area contributed by atoms with Crippen molar-refractivity contribution in [3.8, 4) is 28.4 Å². The van der Waals surface area contributed by atoms with Gasteiger partial charge in [-0.05, 0) is 285 Å². The van der Waals surface area contributed by atoms with Crippen LogP contribution in [0.25, 0.3) is 83.6 Å². The summed E-state index contributed by atoms with van der Waals surface area (Å²) in [6, 6.07) is 58.4. The maximum absolute atomic E-state index is 12.8. The summed E-state index contributed by atoms with van der Waals surface area (Å²) in [5.41, 5.74) is 14.6. The lowest BCUT2D eigenvalue weighted by atomic mass is 9.98. The first-order chi connectivity index (χ1) is 64.6. The molecule has 25 nitrogen and oxygen atoms in total. The fourth-order valence-corrected chi connectivity index (χ4v) is 18.2. The number of aliphatic hydroxyl groups is 5. The molecule has 5 saturated heterocycles. The second kappa shape index (κ2) is 41.5. The highest BCUT2D eigenvalue weighted by Crippen LogP contribution is 2.33. The van der Waals surface area contributed by atoms with E-state index in [2.05, 4.69) is 45.7 Å². The van der Waals surface area contributed by atoms with E-state index in [4.69, 9.17) is 0 Å². The Bertz CT molecular complexity index is 6650. The number of rotatable bonds is 15. The third-order valence-electron chi connectivity index (χ3n) is 26.7. The van der Waals surface area contributed by atoms with E-state index in [1.807, 2.05) is 260 Å². The Balaban J connectivity index is 0.000000122. The molecule has 25 heteroatoms. The number of carbonyl (C=O) groups is 5. The molecule has 5 N–H and O–H groups in total. The number of aliphatic hydroxyl groups excluding tert-OH is 3. The number of likely N-dealkylation sites (tertiary alicyclic amines) is 5. The van der Waals surface area contributed by atoms with Crippen molar-refractivity contribution in [3.05, 3.63) is 300 Å². The quantitative estimate of drug-likeness (QED) is 0.0637. The molecule has 20 rings (SSSR count). The summed E-state index contributed by atoms with van der Waals surface area (Å²) in [6.07, 6.45) is 30.3. The van der Waals surface area contributed by atoms with Crippen LogP contribution in [0.3, 0.4) is 0 Å². The summed E-state index contributed by atoms with van der Waals surface area (Å²) in [4.78, 5) is 96.3. The van der Waals surface area contributed by atoms with Crippen molar-refractivity contribution >= 4 is 84.7 Å². The highest BCUT2D eigenvalue weighted by Gasteiger charge is 2.29. The van der Waals surface area contributed by atoms with Crippen LogP contribution in [0.1, 0.15) is 231 Å². The molecular weight excluding hydrogens is 1680 g/mol. The van der Waals surface area contributed by atoms with Gasteiger partial charge in [-0.3, -0.25) is 24.0 Å². The first-order valence-electron chi connectivity index (χ1n) is 47.3. The summed E-state index contributed by atoms with van der Waals surface area (Å²) in [5, 5.41) is 53.9. The monoisotopic (exact) mass is 1800 g/mol. The maximum atomic E-state index is 12.8. The van der Waals surface area contributed by atoms with Crippen LogP contribution < -0.4 is 0 Å². The highest BCUT2D eigenvalue weighted by molar-refractivity contribution is 6.01. The molecule has 10 aromatic heterocycles. The Labute approximate surface area is 782 Å². The van der Waals surface area contributed by atoms with Gasteiger partial charge in [-0.25, -0.2) is 24.9 Å². The number of amides is 5. The molecule has 0 aliphatic carbocycles. The maximum Gasteiger partial charge on any atom is 0.255 e. The van der Waals surface area contributed by atoms with Gasteiger partial charge in [0.15, 0.2) is 0 Å². The van der Waals surface area contributed by atoms with Crippen LogP contribution in [-0.4, -0.2) is 193 Å². The third kappa shape index (κ3) is 21.8. The van der Waals surface area contributed by atoms with E-state index < -0.39 is 23.4 Å². The summed E-state index contributed by atoms with van der Waals surface area (Å²) in [7, 11) is 0. The van der Waals surface area contributed by atoms with E-state index in [1.54, 1.807) is 72.5 Å². The molecule has 134 heavy (non-hydrogen) atoms. The molecule has 5 amide bonds. The van der Waals surface area contributed by atoms with Crippen LogP contribution >= 0.6 is 0 Å². The van der Waals surface area contributed by atoms with Crippen molar-refractivity contribution in [1.29, 1.82) is 0 Å². The SMILES string of the molecule is CC(C)(O)c1ccc(-n2ccc3cc(C(=O)N4CCCCC4)cnc32)cc1.CC(C)(O)c1cccc(-n2ccc3cc(C(=O)N4CCCCC4)cnc32)c1.CC1CCN(C(=O)c2cnc3c(ccn3-c3ccc(C(C)O)cc3)c2)CC1.CC1CCN(C(=O)c2cnc3c(ccn3-c3cccc(C(C)O)c3)c2)CC1.CC1CCN(C(=O)c2cnc3c(ccn3-c3cccc(CO)c3)c2)CC1. The van der Waals surface area contributed by atoms with Crippen molar-refractivity contribution in [3.63, 3.8) is 0 Å². The lowest BCUT2D eigenvalue weighted by molar-refractivity contribution is 0.0689. The van der Waals surface area contributed by atoms with E-state index in [0.717, 1.165) is 241 Å². The van der Waals surface area contributed by atoms with E-state index in [-0.39, 0.29) is 36.1 Å². The van der Waals surface area contributed by atoms with Crippen LogP contribution in [0.5, 0.6) is 0 Å². The largest absolute Gasteiger partial charge is 0.392 e. The smallest absolute Gasteiger partial charge is 0.255 e. The molecule has 5 aromatic carbocycles. The van der Waals surface area contributed by atoms with Gasteiger partial charge < -0.3 is 72.9 Å². The number of pyridine rings is 5. The normalized spacial score (nSPS) is 15.9. The summed E-state index contributed by atoms with van der Waals surface area (Å²) in [6.45, 7) is 25.6. The van der Waals surface area contributed by atoms with Crippen molar-refractivity contribution in [2.24, 2.45) is 17.8 Å². The standard InChI is InChI=1S/4C22H25N3O2.C21H23N3O2/c1-15-7-10-24(11-8-15)22(27)19-13-18-9-12-25(21(18)23-14-19)20-5-3-17(4-6-20)16(2)26;1-15-6-9-24(10-7-15)22(27)19-12-18-8-11-25(21(18)23-14-19)20-5-3-4-17(13-20)16(2)26;1-22(2,27)18-6-8-19(9-7-18)25-13-10-16-14-17(15-23-20(16)25)21(26)24-11-4-3-5-12-24;1-22(2,27)18-7-6-8-19(14-18)25-12-9-16-13-17(15-23-20(16)25)21(26)24-10-4-3-5-11-24;1-15-5-8-23(9-6-15)21(26)18-12-17-7-10-24(20(17)22-13-18)19-4-2-3-16(11-19)14-25/h3-6,9,12-16,26H,7-8,10-11H2,1-2H3;3-5,8,11-16,26H,6-7,9-10H2,1-2H3;6-10,13-15,27H,3-5,11-12H2,1-2H3;6-9,12-15,27H,3-5,10-11H2,1-2H3;2-4,7,10-13,15,25H,5-6,8-9,14H2,1H3. The molecule has 15 heterocycles. The van der Waals surface area contributed by atoms with Gasteiger partial charge in [0.05, 0.1) is 57.8 Å². The molecule has 0 radical (unpaired) electrons. The summed E-state index contributed by atoms with van der Waals surface area (Å²) >= 11 is 0. The van der Waals surface area contributed by atoms with Crippen LogP contribution in [0.4, 0.5) is 0 Å². The zero-order valence-electron chi connectivity index (χ0n) is 78.2. The minimum Gasteiger partial charge on any atom is -0.392 e. The second-order valence-electron chi connectivity index (χ2n) is 37.8. The minimum atomic E-state index is -0.902. The summed E-state index contributed by atoms with van der Waals surface area (Å²) in [5.74, 6) is 2.45. The van der Waals surface area contributed by atoms with Gasteiger partial charge in [-0.2, -0.15) is 0 Å². The molecule has 0 bridgehead atoms. The molecule has 2 atom stereocenters. The number of fused-ring (bicyclic) bond motifs is 5. The number of carbonyl (C=O) groups excluding carboxylic acids is 5. The van der Waals surface area contributed by atoms with Crippen molar-refractivity contribution < 1.29 is 49.5 Å². The van der Waals surface area contributed by atoms with Crippen molar-refractivity contribution in [2.75, 3.05) is 65.4 Å². The Morgan fingerprint density at radius 2 is 0.604 bits per heavy atom. The summed E-state index contributed by atoms with van der Waals surface area (Å²) < 4.78 is 9.94. The Morgan fingerprint density at radius 3 is 0.918 bits per heavy atom. The van der Waals surface area contributed by atoms with E-state index in [0.29, 0.717) is 45.6 Å². The highest BCUT2D eigenvalue weighted by atomic mass is 16.3. The van der Waals surface area contributed by atoms with Crippen LogP contribution in [0.15, 0.2) is 244 Å². The zero-order chi connectivity index (χ0) is 94.1. The van der Waals surface area contributed by atoms with Gasteiger partial charge in [-0.15, -0.1) is 0 Å². The first-order valence-corrected chi connectivity index (χ1v) is 47.3. The first kappa shape index (κ1) is 93.9. The number of hydrogen-bond donors (Lipinski definition) is 5.